The summed E-state index contributed by atoms with van der Waals surface area (Å²) in [6, 6.07) is 19.7. The summed E-state index contributed by atoms with van der Waals surface area (Å²) in [5.74, 6) is -0.0774. The van der Waals surface area contributed by atoms with Crippen LogP contribution in [0.15, 0.2) is 84.3 Å². The first-order valence-corrected chi connectivity index (χ1v) is 15.3. The van der Waals surface area contributed by atoms with Crippen LogP contribution >= 0.6 is 11.8 Å². The van der Waals surface area contributed by atoms with Crippen LogP contribution in [-0.2, 0) is 22.6 Å². The van der Waals surface area contributed by atoms with Crippen molar-refractivity contribution in [3.8, 4) is 11.5 Å². The van der Waals surface area contributed by atoms with Gasteiger partial charge in [-0.15, -0.1) is 6.58 Å². The van der Waals surface area contributed by atoms with Crippen molar-refractivity contribution >= 4 is 40.6 Å². The van der Waals surface area contributed by atoms with E-state index in [0.717, 1.165) is 33.5 Å². The van der Waals surface area contributed by atoms with Crippen molar-refractivity contribution in [3.05, 3.63) is 107 Å². The minimum absolute atomic E-state index is 0.206. The van der Waals surface area contributed by atoms with Gasteiger partial charge < -0.3 is 19.3 Å². The van der Waals surface area contributed by atoms with Crippen LogP contribution in [-0.4, -0.2) is 66.2 Å². The SMILES string of the molecule is C=CCc1cc(/C=C2\SC(=O)N(CC(=O)N3CCN(c4ccccc4)CC3)C2=O)cc(OCC)c1OCc1ccc(F)cc1. The van der Waals surface area contributed by atoms with E-state index in [9.17, 15) is 18.8 Å². The molecule has 44 heavy (non-hydrogen) atoms. The van der Waals surface area contributed by atoms with E-state index in [0.29, 0.717) is 56.3 Å². The van der Waals surface area contributed by atoms with E-state index in [1.54, 1.807) is 35.3 Å². The fourth-order valence-electron chi connectivity index (χ4n) is 5.11. The standard InChI is InChI=1S/C34H34FN3O5S/c1-3-8-26-19-25(20-29(42-4-2)32(26)43-23-24-11-13-27(35)14-12-24)21-30-33(40)38(34(41)44-30)22-31(39)37-17-15-36(16-18-37)28-9-6-5-7-10-28/h3,5-7,9-14,19-21H,1,4,8,15-18,22-23H2,2H3/b30-21-. The van der Waals surface area contributed by atoms with Crippen molar-refractivity contribution in [2.45, 2.75) is 20.0 Å². The number of hydrogen-bond donors (Lipinski definition) is 0. The maximum Gasteiger partial charge on any atom is 0.294 e. The van der Waals surface area contributed by atoms with Crippen LogP contribution in [0.1, 0.15) is 23.6 Å². The Morgan fingerprint density at radius 1 is 1.00 bits per heavy atom. The largest absolute Gasteiger partial charge is 0.490 e. The molecule has 2 aliphatic rings. The summed E-state index contributed by atoms with van der Waals surface area (Å²) in [5, 5.41) is -0.479. The first-order valence-electron chi connectivity index (χ1n) is 14.5. The molecule has 8 nitrogen and oxygen atoms in total. The number of imide groups is 1. The molecule has 0 spiro atoms. The smallest absolute Gasteiger partial charge is 0.294 e. The molecule has 0 N–H and O–H groups in total. The highest BCUT2D eigenvalue weighted by molar-refractivity contribution is 8.18. The van der Waals surface area contributed by atoms with E-state index in [2.05, 4.69) is 11.5 Å². The topological polar surface area (TPSA) is 79.4 Å². The Hall–Kier alpha value is -4.57. The molecule has 10 heteroatoms. The van der Waals surface area contributed by atoms with Gasteiger partial charge in [0.2, 0.25) is 5.91 Å². The zero-order valence-electron chi connectivity index (χ0n) is 24.5. The van der Waals surface area contributed by atoms with Crippen molar-refractivity contribution in [1.82, 2.24) is 9.80 Å². The molecule has 3 amide bonds. The van der Waals surface area contributed by atoms with Gasteiger partial charge in [-0.05, 0) is 78.7 Å². The second-order valence-electron chi connectivity index (χ2n) is 10.3. The van der Waals surface area contributed by atoms with Gasteiger partial charge in [-0.25, -0.2) is 4.39 Å². The van der Waals surface area contributed by atoms with Crippen LogP contribution < -0.4 is 14.4 Å². The predicted molar refractivity (Wildman–Crippen MR) is 170 cm³/mol. The third-order valence-electron chi connectivity index (χ3n) is 7.33. The van der Waals surface area contributed by atoms with Crippen molar-refractivity contribution in [3.63, 3.8) is 0 Å². The summed E-state index contributed by atoms with van der Waals surface area (Å²) in [4.78, 5) is 44.4. The maximum absolute atomic E-state index is 13.3. The van der Waals surface area contributed by atoms with E-state index >= 15 is 0 Å². The fraction of sp³-hybridized carbons (Fsp3) is 0.265. The number of piperazine rings is 1. The zero-order chi connectivity index (χ0) is 31.1. The molecule has 5 rings (SSSR count). The van der Waals surface area contributed by atoms with Crippen LogP contribution in [0.5, 0.6) is 11.5 Å². The lowest BCUT2D eigenvalue weighted by molar-refractivity contribution is -0.136. The number of benzene rings is 3. The van der Waals surface area contributed by atoms with Gasteiger partial charge in [0.25, 0.3) is 11.1 Å². The molecule has 2 aliphatic heterocycles. The zero-order valence-corrected chi connectivity index (χ0v) is 25.4. The number of halogens is 1. The second-order valence-corrected chi connectivity index (χ2v) is 11.3. The number of allylic oxidation sites excluding steroid dienone is 1. The molecule has 0 unspecified atom stereocenters. The van der Waals surface area contributed by atoms with E-state index < -0.39 is 11.1 Å². The van der Waals surface area contributed by atoms with E-state index in [1.807, 2.05) is 43.3 Å². The molecule has 0 aromatic heterocycles. The summed E-state index contributed by atoms with van der Waals surface area (Å²) in [5.41, 5.74) is 3.33. The number of carbonyl (C=O) groups excluding carboxylic acids is 3. The number of para-hydroxylation sites is 1. The van der Waals surface area contributed by atoms with Crippen LogP contribution in [0.2, 0.25) is 0 Å². The number of ether oxygens (including phenoxy) is 2. The highest BCUT2D eigenvalue weighted by Crippen LogP contribution is 2.38. The van der Waals surface area contributed by atoms with E-state index in [4.69, 9.17) is 9.47 Å². The Kier molecular flexibility index (Phi) is 10.0. The Bertz CT molecular complexity index is 1550. The minimum Gasteiger partial charge on any atom is -0.490 e. The quantitative estimate of drug-likeness (QED) is 0.196. The summed E-state index contributed by atoms with van der Waals surface area (Å²) >= 11 is 0.811. The van der Waals surface area contributed by atoms with Gasteiger partial charge in [0.15, 0.2) is 11.5 Å². The number of hydrogen-bond acceptors (Lipinski definition) is 7. The molecule has 0 bridgehead atoms. The summed E-state index contributed by atoms with van der Waals surface area (Å²) in [7, 11) is 0. The molecular weight excluding hydrogens is 581 g/mol. The Morgan fingerprint density at radius 3 is 2.41 bits per heavy atom. The normalized spacial score (nSPS) is 16.0. The molecule has 228 valence electrons. The lowest BCUT2D eigenvalue weighted by Crippen LogP contribution is -2.51. The van der Waals surface area contributed by atoms with Gasteiger partial charge >= 0.3 is 0 Å². The maximum atomic E-state index is 13.3. The Morgan fingerprint density at radius 2 is 1.73 bits per heavy atom. The number of carbonyl (C=O) groups is 3. The molecule has 2 saturated heterocycles. The van der Waals surface area contributed by atoms with Gasteiger partial charge in [0, 0.05) is 37.4 Å². The van der Waals surface area contributed by atoms with Gasteiger partial charge in [-0.3, -0.25) is 19.3 Å². The van der Waals surface area contributed by atoms with Crippen LogP contribution in [0.4, 0.5) is 14.9 Å². The highest BCUT2D eigenvalue weighted by atomic mass is 32.2. The summed E-state index contributed by atoms with van der Waals surface area (Å²) in [6.07, 6.45) is 3.83. The number of rotatable bonds is 11. The molecule has 0 aliphatic carbocycles. The van der Waals surface area contributed by atoms with Crippen molar-refractivity contribution in [2.75, 3.05) is 44.2 Å². The predicted octanol–water partition coefficient (Wildman–Crippen LogP) is 5.92. The fourth-order valence-corrected chi connectivity index (χ4v) is 5.95. The van der Waals surface area contributed by atoms with Crippen LogP contribution in [0.3, 0.4) is 0 Å². The van der Waals surface area contributed by atoms with Gasteiger partial charge in [-0.1, -0.05) is 36.4 Å². The third-order valence-corrected chi connectivity index (χ3v) is 8.24. The number of thioether (sulfide) groups is 1. The van der Waals surface area contributed by atoms with Crippen molar-refractivity contribution in [1.29, 1.82) is 0 Å². The van der Waals surface area contributed by atoms with E-state index in [-0.39, 0.29) is 29.8 Å². The molecule has 0 radical (unpaired) electrons. The van der Waals surface area contributed by atoms with E-state index in [1.165, 1.54) is 12.1 Å². The Balaban J connectivity index is 1.28. The van der Waals surface area contributed by atoms with Gasteiger partial charge in [0.1, 0.15) is 19.0 Å². The lowest BCUT2D eigenvalue weighted by Gasteiger charge is -2.36. The molecular formula is C34H34FN3O5S. The average Bonchev–Trinajstić information content (AvgIpc) is 3.29. The summed E-state index contributed by atoms with van der Waals surface area (Å²) < 4.78 is 25.3. The van der Waals surface area contributed by atoms with Crippen LogP contribution in [0, 0.1) is 5.82 Å². The number of amides is 3. The average molecular weight is 616 g/mol. The summed E-state index contributed by atoms with van der Waals surface area (Å²) in [6.45, 7) is 8.38. The monoisotopic (exact) mass is 615 g/mol. The van der Waals surface area contributed by atoms with Gasteiger partial charge in [-0.2, -0.15) is 0 Å². The molecule has 0 saturated carbocycles. The number of anilines is 1. The molecule has 2 fully saturated rings. The molecule has 2 heterocycles. The minimum atomic E-state index is -0.504. The second kappa shape index (κ2) is 14.3. The Labute approximate surface area is 260 Å². The first kappa shape index (κ1) is 30.9. The first-order chi connectivity index (χ1) is 21.4. The van der Waals surface area contributed by atoms with Crippen LogP contribution in [0.25, 0.3) is 6.08 Å². The number of nitrogens with zero attached hydrogens (tertiary/aromatic N) is 3. The molecule has 0 atom stereocenters. The van der Waals surface area contributed by atoms with Crippen molar-refractivity contribution in [2.24, 2.45) is 0 Å². The highest BCUT2D eigenvalue weighted by Gasteiger charge is 2.37. The molecule has 3 aromatic rings. The lowest BCUT2D eigenvalue weighted by atomic mass is 10.0. The third kappa shape index (κ3) is 7.31. The van der Waals surface area contributed by atoms with Crippen molar-refractivity contribution < 1.29 is 28.2 Å². The molecule has 3 aromatic carbocycles. The van der Waals surface area contributed by atoms with Gasteiger partial charge in [0.05, 0.1) is 11.5 Å².